The topological polar surface area (TPSA) is 98.6 Å². The van der Waals surface area contributed by atoms with E-state index in [4.69, 9.17) is 9.47 Å². The van der Waals surface area contributed by atoms with Crippen LogP contribution in [0.4, 0.5) is 0 Å². The molecular weight excluding hydrogens is 374 g/mol. The van der Waals surface area contributed by atoms with Gasteiger partial charge in [-0.05, 0) is 18.6 Å². The third-order valence-electron chi connectivity index (χ3n) is 5.23. The van der Waals surface area contributed by atoms with Crippen molar-refractivity contribution in [1.82, 2.24) is 25.0 Å². The molecule has 154 valence electrons. The average molecular weight is 399 g/mol. The van der Waals surface area contributed by atoms with Gasteiger partial charge in [0.2, 0.25) is 0 Å². The van der Waals surface area contributed by atoms with E-state index in [0.717, 1.165) is 16.8 Å². The number of carbonyl (C=O) groups is 2. The molecule has 0 radical (unpaired) electrons. The SMILES string of the molecule is Cc1cccnc1C(=O)NCCn1nc(C(=O)N2CCOCC2)c2c1CCOC2. The summed E-state index contributed by atoms with van der Waals surface area (Å²) in [5.74, 6) is -0.293. The highest BCUT2D eigenvalue weighted by molar-refractivity contribution is 5.94. The molecule has 0 atom stereocenters. The summed E-state index contributed by atoms with van der Waals surface area (Å²) in [6.45, 7) is 5.96. The van der Waals surface area contributed by atoms with Crippen molar-refractivity contribution in [3.05, 3.63) is 46.5 Å². The Hall–Kier alpha value is -2.78. The van der Waals surface area contributed by atoms with Crippen LogP contribution in [-0.2, 0) is 29.0 Å². The number of hydrogen-bond donors (Lipinski definition) is 1. The molecule has 0 aliphatic carbocycles. The van der Waals surface area contributed by atoms with E-state index >= 15 is 0 Å². The Labute approximate surface area is 169 Å². The fourth-order valence-corrected chi connectivity index (χ4v) is 3.66. The molecule has 0 aromatic carbocycles. The number of rotatable bonds is 5. The van der Waals surface area contributed by atoms with Gasteiger partial charge in [0.15, 0.2) is 5.69 Å². The van der Waals surface area contributed by atoms with Gasteiger partial charge in [-0.2, -0.15) is 5.10 Å². The predicted octanol–water partition coefficient (Wildman–Crippen LogP) is 0.562. The van der Waals surface area contributed by atoms with Gasteiger partial charge in [-0.15, -0.1) is 0 Å². The molecule has 29 heavy (non-hydrogen) atoms. The number of hydrogen-bond acceptors (Lipinski definition) is 6. The van der Waals surface area contributed by atoms with Crippen LogP contribution in [-0.4, -0.2) is 70.9 Å². The fraction of sp³-hybridized carbons (Fsp3) is 0.500. The minimum atomic E-state index is -0.211. The molecule has 2 aliphatic heterocycles. The van der Waals surface area contributed by atoms with E-state index in [2.05, 4.69) is 15.4 Å². The monoisotopic (exact) mass is 399 g/mol. The number of morpholine rings is 1. The summed E-state index contributed by atoms with van der Waals surface area (Å²) in [6, 6.07) is 3.66. The summed E-state index contributed by atoms with van der Waals surface area (Å²) < 4.78 is 12.7. The highest BCUT2D eigenvalue weighted by Crippen LogP contribution is 2.22. The van der Waals surface area contributed by atoms with Crippen LogP contribution in [0.25, 0.3) is 0 Å². The van der Waals surface area contributed by atoms with Gasteiger partial charge in [0.1, 0.15) is 5.69 Å². The molecule has 2 aliphatic rings. The first-order valence-electron chi connectivity index (χ1n) is 9.88. The van der Waals surface area contributed by atoms with Crippen LogP contribution in [0.15, 0.2) is 18.3 Å². The van der Waals surface area contributed by atoms with E-state index in [0.29, 0.717) is 70.4 Å². The maximum Gasteiger partial charge on any atom is 0.274 e. The van der Waals surface area contributed by atoms with Crippen LogP contribution in [0.2, 0.25) is 0 Å². The molecule has 0 unspecified atom stereocenters. The van der Waals surface area contributed by atoms with Gasteiger partial charge in [0.05, 0.1) is 33.0 Å². The molecule has 2 aromatic rings. The quantitative estimate of drug-likeness (QED) is 0.789. The minimum Gasteiger partial charge on any atom is -0.378 e. The van der Waals surface area contributed by atoms with Gasteiger partial charge in [0.25, 0.3) is 11.8 Å². The van der Waals surface area contributed by atoms with Gasteiger partial charge in [0, 0.05) is 43.5 Å². The number of ether oxygens (including phenoxy) is 2. The molecule has 4 rings (SSSR count). The Morgan fingerprint density at radius 2 is 2.00 bits per heavy atom. The summed E-state index contributed by atoms with van der Waals surface area (Å²) in [6.07, 6.45) is 2.31. The van der Waals surface area contributed by atoms with E-state index in [9.17, 15) is 9.59 Å². The fourth-order valence-electron chi connectivity index (χ4n) is 3.66. The van der Waals surface area contributed by atoms with Crippen molar-refractivity contribution in [2.75, 3.05) is 39.5 Å². The van der Waals surface area contributed by atoms with E-state index in [-0.39, 0.29) is 11.8 Å². The molecule has 0 saturated carbocycles. The molecule has 1 N–H and O–H groups in total. The van der Waals surface area contributed by atoms with Crippen LogP contribution < -0.4 is 5.32 Å². The molecule has 0 bridgehead atoms. The summed E-state index contributed by atoms with van der Waals surface area (Å²) in [5.41, 5.74) is 3.58. The molecule has 1 saturated heterocycles. The number of amides is 2. The lowest BCUT2D eigenvalue weighted by molar-refractivity contribution is 0.0294. The Bertz CT molecular complexity index is 904. The van der Waals surface area contributed by atoms with Crippen molar-refractivity contribution in [3.63, 3.8) is 0 Å². The number of pyridine rings is 1. The zero-order chi connectivity index (χ0) is 20.2. The van der Waals surface area contributed by atoms with Crippen LogP contribution in [0.3, 0.4) is 0 Å². The largest absolute Gasteiger partial charge is 0.378 e. The van der Waals surface area contributed by atoms with E-state index in [1.54, 1.807) is 17.2 Å². The normalized spacial score (nSPS) is 16.4. The third kappa shape index (κ3) is 4.15. The number of aromatic nitrogens is 3. The Morgan fingerprint density at radius 3 is 2.79 bits per heavy atom. The van der Waals surface area contributed by atoms with Crippen molar-refractivity contribution >= 4 is 11.8 Å². The zero-order valence-corrected chi connectivity index (χ0v) is 16.5. The van der Waals surface area contributed by atoms with E-state index in [1.807, 2.05) is 17.7 Å². The molecule has 2 amide bonds. The molecule has 2 aromatic heterocycles. The van der Waals surface area contributed by atoms with Crippen LogP contribution in [0, 0.1) is 6.92 Å². The van der Waals surface area contributed by atoms with Gasteiger partial charge in [-0.3, -0.25) is 19.3 Å². The minimum absolute atomic E-state index is 0.0815. The van der Waals surface area contributed by atoms with Crippen LogP contribution in [0.1, 0.15) is 37.8 Å². The van der Waals surface area contributed by atoms with Crippen LogP contribution >= 0.6 is 0 Å². The Balaban J connectivity index is 1.46. The Morgan fingerprint density at radius 1 is 1.17 bits per heavy atom. The van der Waals surface area contributed by atoms with Crippen molar-refractivity contribution in [3.8, 4) is 0 Å². The lowest BCUT2D eigenvalue weighted by atomic mass is 10.1. The lowest BCUT2D eigenvalue weighted by Crippen LogP contribution is -2.41. The summed E-state index contributed by atoms with van der Waals surface area (Å²) in [5, 5.41) is 7.48. The standard InChI is InChI=1S/C20H25N5O4/c1-14-3-2-5-21-17(14)19(26)22-6-7-25-16-4-10-29-13-15(16)18(23-25)20(27)24-8-11-28-12-9-24/h2-3,5H,4,6-13H2,1H3,(H,22,26). The van der Waals surface area contributed by atoms with Crippen molar-refractivity contribution in [1.29, 1.82) is 0 Å². The number of fused-ring (bicyclic) bond motifs is 1. The van der Waals surface area contributed by atoms with E-state index < -0.39 is 0 Å². The van der Waals surface area contributed by atoms with Crippen molar-refractivity contribution in [2.45, 2.75) is 26.5 Å². The second-order valence-electron chi connectivity index (χ2n) is 7.13. The summed E-state index contributed by atoms with van der Waals surface area (Å²) in [7, 11) is 0. The van der Waals surface area contributed by atoms with Crippen molar-refractivity contribution in [2.24, 2.45) is 0 Å². The number of aryl methyl sites for hydroxylation is 1. The first kappa shape index (κ1) is 19.5. The second kappa shape index (κ2) is 8.71. The summed E-state index contributed by atoms with van der Waals surface area (Å²) in [4.78, 5) is 31.2. The molecular formula is C20H25N5O4. The van der Waals surface area contributed by atoms with Gasteiger partial charge < -0.3 is 19.7 Å². The Kier molecular flexibility index (Phi) is 5.86. The maximum atomic E-state index is 13.0. The lowest BCUT2D eigenvalue weighted by Gasteiger charge is -2.26. The highest BCUT2D eigenvalue weighted by Gasteiger charge is 2.29. The smallest absolute Gasteiger partial charge is 0.274 e. The maximum absolute atomic E-state index is 13.0. The molecule has 0 spiro atoms. The number of nitrogens with zero attached hydrogens (tertiary/aromatic N) is 4. The molecule has 9 nitrogen and oxygen atoms in total. The average Bonchev–Trinajstić information content (AvgIpc) is 3.13. The predicted molar refractivity (Wildman–Crippen MR) is 104 cm³/mol. The van der Waals surface area contributed by atoms with Gasteiger partial charge in [-0.1, -0.05) is 6.07 Å². The summed E-state index contributed by atoms with van der Waals surface area (Å²) >= 11 is 0. The number of nitrogens with one attached hydrogen (secondary N) is 1. The van der Waals surface area contributed by atoms with E-state index in [1.165, 1.54) is 0 Å². The highest BCUT2D eigenvalue weighted by atomic mass is 16.5. The molecule has 1 fully saturated rings. The third-order valence-corrected chi connectivity index (χ3v) is 5.23. The first-order valence-corrected chi connectivity index (χ1v) is 9.88. The number of carbonyl (C=O) groups excluding carboxylic acids is 2. The van der Waals surface area contributed by atoms with Gasteiger partial charge in [-0.25, -0.2) is 0 Å². The van der Waals surface area contributed by atoms with Crippen molar-refractivity contribution < 1.29 is 19.1 Å². The molecule has 9 heteroatoms. The second-order valence-corrected chi connectivity index (χ2v) is 7.13. The zero-order valence-electron chi connectivity index (χ0n) is 16.5. The van der Waals surface area contributed by atoms with Gasteiger partial charge >= 0.3 is 0 Å². The van der Waals surface area contributed by atoms with Crippen LogP contribution in [0.5, 0.6) is 0 Å². The first-order chi connectivity index (χ1) is 14.1. The molecule has 4 heterocycles.